The second-order valence-electron chi connectivity index (χ2n) is 8.08. The van der Waals surface area contributed by atoms with Gasteiger partial charge in [-0.25, -0.2) is 0 Å². The zero-order chi connectivity index (χ0) is 24.1. The molecule has 1 atom stereocenters. The molecule has 1 aliphatic rings. The van der Waals surface area contributed by atoms with Gasteiger partial charge in [0.25, 0.3) is 5.91 Å². The highest BCUT2D eigenvalue weighted by atomic mass is 16.5. The van der Waals surface area contributed by atoms with Gasteiger partial charge >= 0.3 is 0 Å². The normalized spacial score (nSPS) is 15.4. The lowest BCUT2D eigenvalue weighted by Gasteiger charge is -2.23. The number of amides is 1. The van der Waals surface area contributed by atoms with E-state index in [2.05, 4.69) is 10.1 Å². The van der Waals surface area contributed by atoms with E-state index < -0.39 is 0 Å². The summed E-state index contributed by atoms with van der Waals surface area (Å²) in [6, 6.07) is 11.1. The summed E-state index contributed by atoms with van der Waals surface area (Å²) in [6.07, 6.45) is 1.61. The first-order chi connectivity index (χ1) is 16.5. The molecule has 0 radical (unpaired) electrons. The average Bonchev–Trinajstić information content (AvgIpc) is 3.51. The maximum absolute atomic E-state index is 13.6. The highest BCUT2D eigenvalue weighted by molar-refractivity contribution is 5.96. The molecule has 0 aliphatic carbocycles. The smallest absolute Gasteiger partial charge is 0.254 e. The SMILES string of the molecule is CCOc1cc(C(=O)N2CCC[C@@H]2c2nc(-c3ccc(C)cc3)no2)cc(OCC)c1OCC. The Morgan fingerprint density at radius 3 is 2.29 bits per heavy atom. The fraction of sp³-hybridized carbons (Fsp3) is 0.423. The van der Waals surface area contributed by atoms with E-state index >= 15 is 0 Å². The Kier molecular flexibility index (Phi) is 7.35. The molecule has 34 heavy (non-hydrogen) atoms. The predicted molar refractivity (Wildman–Crippen MR) is 127 cm³/mol. The number of carbonyl (C=O) groups excluding carboxylic acids is 1. The first kappa shape index (κ1) is 23.6. The van der Waals surface area contributed by atoms with Gasteiger partial charge in [-0.1, -0.05) is 35.0 Å². The van der Waals surface area contributed by atoms with Crippen molar-refractivity contribution in [3.8, 4) is 28.6 Å². The number of aryl methyl sites for hydroxylation is 1. The zero-order valence-corrected chi connectivity index (χ0v) is 20.2. The minimum absolute atomic E-state index is 0.137. The number of carbonyl (C=O) groups is 1. The third-order valence-corrected chi connectivity index (χ3v) is 5.71. The molecule has 1 amide bonds. The third kappa shape index (κ3) is 4.85. The van der Waals surface area contributed by atoms with Crippen LogP contribution in [0.2, 0.25) is 0 Å². The van der Waals surface area contributed by atoms with E-state index in [0.717, 1.165) is 24.0 Å². The van der Waals surface area contributed by atoms with Crippen molar-refractivity contribution in [1.29, 1.82) is 0 Å². The minimum Gasteiger partial charge on any atom is -0.490 e. The van der Waals surface area contributed by atoms with Crippen molar-refractivity contribution in [2.45, 2.75) is 46.6 Å². The van der Waals surface area contributed by atoms with Gasteiger partial charge in [0.05, 0.1) is 19.8 Å². The van der Waals surface area contributed by atoms with Crippen LogP contribution < -0.4 is 14.2 Å². The van der Waals surface area contributed by atoms with Gasteiger partial charge in [0.15, 0.2) is 11.5 Å². The lowest BCUT2D eigenvalue weighted by atomic mass is 10.1. The molecule has 0 unspecified atom stereocenters. The van der Waals surface area contributed by atoms with Crippen LogP contribution in [0.1, 0.15) is 61.5 Å². The molecule has 4 rings (SSSR count). The Morgan fingerprint density at radius 2 is 1.68 bits per heavy atom. The second-order valence-corrected chi connectivity index (χ2v) is 8.08. The Morgan fingerprint density at radius 1 is 1.03 bits per heavy atom. The van der Waals surface area contributed by atoms with Crippen molar-refractivity contribution in [2.24, 2.45) is 0 Å². The van der Waals surface area contributed by atoms with Crippen molar-refractivity contribution in [1.82, 2.24) is 15.0 Å². The van der Waals surface area contributed by atoms with Crippen molar-refractivity contribution >= 4 is 5.91 Å². The molecule has 1 saturated heterocycles. The molecule has 1 aliphatic heterocycles. The molecule has 0 N–H and O–H groups in total. The number of nitrogens with zero attached hydrogens (tertiary/aromatic N) is 3. The number of aromatic nitrogens is 2. The third-order valence-electron chi connectivity index (χ3n) is 5.71. The Balaban J connectivity index is 1.63. The maximum atomic E-state index is 13.6. The monoisotopic (exact) mass is 465 g/mol. The fourth-order valence-corrected chi connectivity index (χ4v) is 4.13. The van der Waals surface area contributed by atoms with Crippen LogP contribution in [-0.2, 0) is 0 Å². The van der Waals surface area contributed by atoms with E-state index in [1.807, 2.05) is 52.0 Å². The number of hydrogen-bond donors (Lipinski definition) is 0. The van der Waals surface area contributed by atoms with Gasteiger partial charge < -0.3 is 23.6 Å². The molecular formula is C26H31N3O5. The minimum atomic E-state index is -0.281. The van der Waals surface area contributed by atoms with Crippen molar-refractivity contribution in [2.75, 3.05) is 26.4 Å². The van der Waals surface area contributed by atoms with E-state index in [0.29, 0.717) is 60.9 Å². The lowest BCUT2D eigenvalue weighted by Crippen LogP contribution is -2.30. The predicted octanol–water partition coefficient (Wildman–Crippen LogP) is 5.22. The van der Waals surface area contributed by atoms with Gasteiger partial charge in [-0.05, 0) is 52.7 Å². The van der Waals surface area contributed by atoms with Gasteiger partial charge in [0.2, 0.25) is 17.5 Å². The summed E-state index contributed by atoms with van der Waals surface area (Å²) < 4.78 is 22.9. The quantitative estimate of drug-likeness (QED) is 0.428. The summed E-state index contributed by atoms with van der Waals surface area (Å²) in [5.74, 6) is 2.33. The van der Waals surface area contributed by atoms with Crippen LogP contribution in [0.4, 0.5) is 0 Å². The van der Waals surface area contributed by atoms with Gasteiger partial charge in [0.1, 0.15) is 6.04 Å². The van der Waals surface area contributed by atoms with Crippen molar-refractivity contribution < 1.29 is 23.5 Å². The number of benzene rings is 2. The molecule has 0 saturated carbocycles. The van der Waals surface area contributed by atoms with Crippen LogP contribution >= 0.6 is 0 Å². The second kappa shape index (κ2) is 10.6. The van der Waals surface area contributed by atoms with Crippen LogP contribution in [0, 0.1) is 6.92 Å². The first-order valence-corrected chi connectivity index (χ1v) is 11.8. The lowest BCUT2D eigenvalue weighted by molar-refractivity contribution is 0.0709. The van der Waals surface area contributed by atoms with E-state index in [9.17, 15) is 4.79 Å². The molecule has 0 spiro atoms. The fourth-order valence-electron chi connectivity index (χ4n) is 4.13. The van der Waals surface area contributed by atoms with Crippen molar-refractivity contribution in [3.63, 3.8) is 0 Å². The van der Waals surface area contributed by atoms with Crippen LogP contribution in [0.25, 0.3) is 11.4 Å². The van der Waals surface area contributed by atoms with Crippen LogP contribution in [0.5, 0.6) is 17.2 Å². The highest BCUT2D eigenvalue weighted by Gasteiger charge is 2.35. The standard InChI is InChI=1S/C26H31N3O5/c1-5-31-21-15-19(16-22(32-6-2)23(21)33-7-3)26(30)29-14-8-9-20(29)25-27-24(28-34-25)18-12-10-17(4)11-13-18/h10-13,15-16,20H,5-9,14H2,1-4H3/t20-/m1/s1. The number of ether oxygens (including phenoxy) is 3. The van der Waals surface area contributed by atoms with Gasteiger partial charge in [-0.15, -0.1) is 0 Å². The van der Waals surface area contributed by atoms with Crippen molar-refractivity contribution in [3.05, 3.63) is 53.4 Å². The molecule has 2 heterocycles. The Hall–Kier alpha value is -3.55. The zero-order valence-electron chi connectivity index (χ0n) is 20.2. The maximum Gasteiger partial charge on any atom is 0.254 e. The number of likely N-dealkylation sites (tertiary alicyclic amines) is 1. The largest absolute Gasteiger partial charge is 0.490 e. The Bertz CT molecular complexity index is 1100. The summed E-state index contributed by atoms with van der Waals surface area (Å²) >= 11 is 0. The van der Waals surface area contributed by atoms with Gasteiger partial charge in [-0.2, -0.15) is 4.98 Å². The topological polar surface area (TPSA) is 86.9 Å². The summed E-state index contributed by atoms with van der Waals surface area (Å²) in [5, 5.41) is 4.16. The van der Waals surface area contributed by atoms with Gasteiger partial charge in [-0.3, -0.25) is 4.79 Å². The van der Waals surface area contributed by atoms with Crippen LogP contribution in [0.3, 0.4) is 0 Å². The molecule has 1 aromatic heterocycles. The number of rotatable bonds is 9. The molecule has 3 aromatic rings. The van der Waals surface area contributed by atoms with Crippen LogP contribution in [-0.4, -0.2) is 47.3 Å². The summed E-state index contributed by atoms with van der Waals surface area (Å²) in [7, 11) is 0. The number of hydrogen-bond acceptors (Lipinski definition) is 7. The van der Waals surface area contributed by atoms with Gasteiger partial charge in [0, 0.05) is 17.7 Å². The molecule has 8 heteroatoms. The summed E-state index contributed by atoms with van der Waals surface area (Å²) in [4.78, 5) is 20.0. The van der Waals surface area contributed by atoms with E-state index in [4.69, 9.17) is 18.7 Å². The van der Waals surface area contributed by atoms with Crippen LogP contribution in [0.15, 0.2) is 40.9 Å². The Labute approximate surface area is 199 Å². The first-order valence-electron chi connectivity index (χ1n) is 11.8. The molecule has 2 aromatic carbocycles. The molecule has 1 fully saturated rings. The van der Waals surface area contributed by atoms with E-state index in [-0.39, 0.29) is 11.9 Å². The average molecular weight is 466 g/mol. The molecule has 8 nitrogen and oxygen atoms in total. The summed E-state index contributed by atoms with van der Waals surface area (Å²) in [6.45, 7) is 9.66. The molecule has 0 bridgehead atoms. The summed E-state index contributed by atoms with van der Waals surface area (Å²) in [5.41, 5.74) is 2.51. The van der Waals surface area contributed by atoms with E-state index in [1.165, 1.54) is 0 Å². The molecular weight excluding hydrogens is 434 g/mol. The molecule has 180 valence electrons. The van der Waals surface area contributed by atoms with E-state index in [1.54, 1.807) is 17.0 Å². The highest BCUT2D eigenvalue weighted by Crippen LogP contribution is 2.41.